The molecule has 1 aromatic heterocycles. The van der Waals surface area contributed by atoms with Crippen LogP contribution in [0.15, 0.2) is 17.2 Å². The maximum Gasteiger partial charge on any atom is 0.113 e. The molecule has 1 N–H and O–H groups in total. The van der Waals surface area contributed by atoms with Crippen LogP contribution in [0.4, 0.5) is 0 Å². The summed E-state index contributed by atoms with van der Waals surface area (Å²) in [6, 6.07) is 7.07. The van der Waals surface area contributed by atoms with Crippen LogP contribution in [0.3, 0.4) is 0 Å². The number of hydrogen-bond acceptors (Lipinski definition) is 4. The van der Waals surface area contributed by atoms with Gasteiger partial charge in [0, 0.05) is 17.5 Å². The smallest absolute Gasteiger partial charge is 0.113 e. The van der Waals surface area contributed by atoms with Crippen molar-refractivity contribution >= 4 is 11.8 Å². The van der Waals surface area contributed by atoms with Crippen molar-refractivity contribution in [3.63, 3.8) is 0 Å². The molecular weight excluding hydrogens is 242 g/mol. The number of hydrogen-bond donors (Lipinski definition) is 1. The molecule has 96 valence electrons. The van der Waals surface area contributed by atoms with Gasteiger partial charge in [-0.2, -0.15) is 5.26 Å². The first-order chi connectivity index (χ1) is 8.50. The topological polar surface area (TPSA) is 48.7 Å². The first-order valence-electron chi connectivity index (χ1n) is 6.28. The molecule has 1 fully saturated rings. The van der Waals surface area contributed by atoms with Gasteiger partial charge in [0.2, 0.25) is 0 Å². The highest BCUT2D eigenvalue weighted by molar-refractivity contribution is 7.99. The Kier molecular flexibility index (Phi) is 3.94. The highest BCUT2D eigenvalue weighted by atomic mass is 32.2. The number of nitrogens with one attached hydrogen (secondary N) is 1. The Labute approximate surface area is 113 Å². The molecule has 4 heteroatoms. The number of rotatable bonds is 5. The van der Waals surface area contributed by atoms with E-state index in [2.05, 4.69) is 35.4 Å². The van der Waals surface area contributed by atoms with Crippen LogP contribution in [0, 0.1) is 25.2 Å². The van der Waals surface area contributed by atoms with Crippen molar-refractivity contribution in [2.45, 2.75) is 50.2 Å². The van der Waals surface area contributed by atoms with Gasteiger partial charge in [-0.05, 0) is 51.3 Å². The summed E-state index contributed by atoms with van der Waals surface area (Å²) in [5.74, 6) is 0.732. The van der Waals surface area contributed by atoms with Gasteiger partial charge < -0.3 is 0 Å². The third-order valence-corrected chi connectivity index (χ3v) is 4.16. The van der Waals surface area contributed by atoms with E-state index >= 15 is 0 Å². The molecule has 1 unspecified atom stereocenters. The Hall–Kier alpha value is -1.05. The molecule has 0 bridgehead atoms. The summed E-state index contributed by atoms with van der Waals surface area (Å²) in [7, 11) is 0. The molecule has 0 radical (unpaired) electrons. The molecule has 0 aromatic carbocycles. The van der Waals surface area contributed by atoms with Gasteiger partial charge in [0.1, 0.15) is 5.54 Å². The zero-order valence-electron chi connectivity index (χ0n) is 11.2. The summed E-state index contributed by atoms with van der Waals surface area (Å²) in [5, 5.41) is 13.7. The van der Waals surface area contributed by atoms with Crippen LogP contribution in [-0.4, -0.2) is 22.3 Å². The van der Waals surface area contributed by atoms with Crippen molar-refractivity contribution in [1.82, 2.24) is 10.3 Å². The Morgan fingerprint density at radius 1 is 1.50 bits per heavy atom. The highest BCUT2D eigenvalue weighted by Crippen LogP contribution is 2.26. The van der Waals surface area contributed by atoms with Gasteiger partial charge in [-0.1, -0.05) is 0 Å². The summed E-state index contributed by atoms with van der Waals surface area (Å²) >= 11 is 1.65. The van der Waals surface area contributed by atoms with Crippen molar-refractivity contribution in [1.29, 1.82) is 5.26 Å². The molecule has 1 aliphatic rings. The van der Waals surface area contributed by atoms with Gasteiger partial charge in [0.15, 0.2) is 0 Å². The number of aromatic nitrogens is 1. The molecule has 1 aliphatic carbocycles. The van der Waals surface area contributed by atoms with Crippen LogP contribution in [0.2, 0.25) is 0 Å². The van der Waals surface area contributed by atoms with Crippen LogP contribution in [0.1, 0.15) is 31.0 Å². The van der Waals surface area contributed by atoms with E-state index in [1.54, 1.807) is 11.8 Å². The Balaban J connectivity index is 1.98. The average Bonchev–Trinajstić information content (AvgIpc) is 3.09. The summed E-state index contributed by atoms with van der Waals surface area (Å²) in [6.07, 6.45) is 2.40. The minimum absolute atomic E-state index is 0.453. The summed E-state index contributed by atoms with van der Waals surface area (Å²) in [4.78, 5) is 4.49. The molecule has 1 saturated carbocycles. The Morgan fingerprint density at radius 3 is 2.78 bits per heavy atom. The number of thioether (sulfide) groups is 1. The van der Waals surface area contributed by atoms with Crippen molar-refractivity contribution in [2.75, 3.05) is 5.75 Å². The van der Waals surface area contributed by atoms with Crippen molar-refractivity contribution < 1.29 is 0 Å². The molecule has 3 nitrogen and oxygen atoms in total. The highest BCUT2D eigenvalue weighted by Gasteiger charge is 2.32. The van der Waals surface area contributed by atoms with E-state index in [9.17, 15) is 5.26 Å². The van der Waals surface area contributed by atoms with Crippen LogP contribution in [0.5, 0.6) is 0 Å². The number of nitrogens with zero attached hydrogens (tertiary/aromatic N) is 2. The van der Waals surface area contributed by atoms with E-state index in [0.29, 0.717) is 6.04 Å². The average molecular weight is 261 g/mol. The van der Waals surface area contributed by atoms with E-state index in [0.717, 1.165) is 16.5 Å². The fourth-order valence-corrected chi connectivity index (χ4v) is 2.94. The minimum Gasteiger partial charge on any atom is -0.296 e. The lowest BCUT2D eigenvalue weighted by Gasteiger charge is -2.22. The van der Waals surface area contributed by atoms with Gasteiger partial charge in [-0.25, -0.2) is 4.98 Å². The second-order valence-corrected chi connectivity index (χ2v) is 6.27. The largest absolute Gasteiger partial charge is 0.296 e. The molecule has 0 aliphatic heterocycles. The van der Waals surface area contributed by atoms with E-state index in [-0.39, 0.29) is 0 Å². The van der Waals surface area contributed by atoms with Gasteiger partial charge in [0.05, 0.1) is 11.1 Å². The van der Waals surface area contributed by atoms with Crippen molar-refractivity contribution in [3.05, 3.63) is 23.4 Å². The fourth-order valence-electron chi connectivity index (χ4n) is 1.88. The van der Waals surface area contributed by atoms with Crippen molar-refractivity contribution in [2.24, 2.45) is 0 Å². The molecule has 2 rings (SSSR count). The molecule has 1 atom stereocenters. The van der Waals surface area contributed by atoms with E-state index in [1.807, 2.05) is 13.8 Å². The monoisotopic (exact) mass is 261 g/mol. The SMILES string of the molecule is Cc1cc(C)nc(SCC(C)(C#N)NC2CC2)c1. The summed E-state index contributed by atoms with van der Waals surface area (Å²) in [6.45, 7) is 6.05. The lowest BCUT2D eigenvalue weighted by molar-refractivity contribution is 0.490. The second-order valence-electron chi connectivity index (χ2n) is 5.28. The standard InChI is InChI=1S/C14H19N3S/c1-10-6-11(2)16-13(7-10)18-9-14(3,8-15)17-12-4-5-12/h6-7,12,17H,4-5,9H2,1-3H3. The quantitative estimate of drug-likeness (QED) is 0.828. The zero-order chi connectivity index (χ0) is 13.2. The van der Waals surface area contributed by atoms with Gasteiger partial charge in [-0.3, -0.25) is 5.32 Å². The molecule has 18 heavy (non-hydrogen) atoms. The number of pyridine rings is 1. The minimum atomic E-state index is -0.453. The van der Waals surface area contributed by atoms with E-state index < -0.39 is 5.54 Å². The van der Waals surface area contributed by atoms with Crippen LogP contribution in [-0.2, 0) is 0 Å². The van der Waals surface area contributed by atoms with Gasteiger partial charge in [0.25, 0.3) is 0 Å². The van der Waals surface area contributed by atoms with E-state index in [1.165, 1.54) is 18.4 Å². The predicted molar refractivity (Wildman–Crippen MR) is 74.6 cm³/mol. The second kappa shape index (κ2) is 5.29. The van der Waals surface area contributed by atoms with Crippen molar-refractivity contribution in [3.8, 4) is 6.07 Å². The van der Waals surface area contributed by atoms with Gasteiger partial charge in [-0.15, -0.1) is 11.8 Å². The summed E-state index contributed by atoms with van der Waals surface area (Å²) < 4.78 is 0. The number of nitriles is 1. The lowest BCUT2D eigenvalue weighted by Crippen LogP contribution is -2.44. The Morgan fingerprint density at radius 2 is 2.22 bits per heavy atom. The maximum absolute atomic E-state index is 9.30. The third-order valence-electron chi connectivity index (χ3n) is 2.93. The number of aryl methyl sites for hydroxylation is 2. The first kappa shape index (κ1) is 13.4. The molecule has 0 saturated heterocycles. The van der Waals surface area contributed by atoms with Gasteiger partial charge >= 0.3 is 0 Å². The fraction of sp³-hybridized carbons (Fsp3) is 0.571. The predicted octanol–water partition coefficient (Wildman–Crippen LogP) is 2.82. The summed E-state index contributed by atoms with van der Waals surface area (Å²) in [5.41, 5.74) is 1.80. The third kappa shape index (κ3) is 3.72. The molecule has 1 heterocycles. The van der Waals surface area contributed by atoms with E-state index in [4.69, 9.17) is 0 Å². The first-order valence-corrected chi connectivity index (χ1v) is 7.26. The maximum atomic E-state index is 9.30. The molecule has 0 amide bonds. The van der Waals surface area contributed by atoms with Crippen LogP contribution >= 0.6 is 11.8 Å². The van der Waals surface area contributed by atoms with Crippen LogP contribution in [0.25, 0.3) is 0 Å². The zero-order valence-corrected chi connectivity index (χ0v) is 12.0. The molecule has 0 spiro atoms. The molecular formula is C14H19N3S. The van der Waals surface area contributed by atoms with Crippen LogP contribution < -0.4 is 5.32 Å². The Bertz CT molecular complexity index is 456. The lowest BCUT2D eigenvalue weighted by atomic mass is 10.1. The molecule has 1 aromatic rings. The normalized spacial score (nSPS) is 18.1.